The van der Waals surface area contributed by atoms with Gasteiger partial charge in [0.2, 0.25) is 0 Å². The minimum Gasteiger partial charge on any atom is -0.326 e. The Morgan fingerprint density at radius 1 is 1.47 bits per heavy atom. The van der Waals surface area contributed by atoms with E-state index in [2.05, 4.69) is 10.6 Å². The zero-order chi connectivity index (χ0) is 13.7. The Bertz CT molecular complexity index is 427. The predicted molar refractivity (Wildman–Crippen MR) is 78.5 cm³/mol. The van der Waals surface area contributed by atoms with Crippen LogP contribution in [0.4, 0.5) is 10.5 Å². The Hall–Kier alpha value is -1.55. The summed E-state index contributed by atoms with van der Waals surface area (Å²) in [6.45, 7) is 3.85. The maximum absolute atomic E-state index is 12.1. The predicted octanol–water partition coefficient (Wildman–Crippen LogP) is 2.60. The maximum atomic E-state index is 12.1. The number of nitrogens with one attached hydrogen (secondary N) is 2. The number of amides is 2. The average molecular weight is 261 g/mol. The number of piperidine rings is 1. The summed E-state index contributed by atoms with van der Waals surface area (Å²) in [7, 11) is 1.85. The molecule has 0 aromatic heterocycles. The molecule has 104 valence electrons. The van der Waals surface area contributed by atoms with Crippen LogP contribution in [0.25, 0.3) is 0 Å². The molecule has 19 heavy (non-hydrogen) atoms. The molecule has 2 rings (SSSR count). The fraction of sp³-hybridized carbons (Fsp3) is 0.533. The van der Waals surface area contributed by atoms with Gasteiger partial charge in [-0.2, -0.15) is 0 Å². The number of aryl methyl sites for hydroxylation is 1. The van der Waals surface area contributed by atoms with Crippen molar-refractivity contribution in [2.75, 3.05) is 25.5 Å². The zero-order valence-corrected chi connectivity index (χ0v) is 11.8. The minimum absolute atomic E-state index is 0.0435. The third-order valence-electron chi connectivity index (χ3n) is 3.52. The fourth-order valence-electron chi connectivity index (χ4n) is 2.44. The number of anilines is 1. The number of urea groups is 1. The quantitative estimate of drug-likeness (QED) is 0.878. The molecular formula is C15H23N3O. The topological polar surface area (TPSA) is 44.4 Å². The van der Waals surface area contributed by atoms with Crippen molar-refractivity contribution in [1.29, 1.82) is 0 Å². The van der Waals surface area contributed by atoms with E-state index in [-0.39, 0.29) is 6.03 Å². The largest absolute Gasteiger partial charge is 0.326 e. The molecule has 0 spiro atoms. The first-order valence-corrected chi connectivity index (χ1v) is 6.97. The Morgan fingerprint density at radius 3 is 3.00 bits per heavy atom. The van der Waals surface area contributed by atoms with Crippen molar-refractivity contribution >= 4 is 11.7 Å². The number of carbonyl (C=O) groups excluding carboxylic acids is 1. The second-order valence-corrected chi connectivity index (χ2v) is 5.33. The van der Waals surface area contributed by atoms with Crippen molar-refractivity contribution in [3.8, 4) is 0 Å². The normalized spacial score (nSPS) is 18.9. The molecule has 1 aliphatic heterocycles. The maximum Gasteiger partial charge on any atom is 0.321 e. The van der Waals surface area contributed by atoms with Crippen LogP contribution in [0, 0.1) is 6.92 Å². The van der Waals surface area contributed by atoms with E-state index in [1.54, 1.807) is 4.90 Å². The van der Waals surface area contributed by atoms with Gasteiger partial charge in [0.25, 0.3) is 0 Å². The highest BCUT2D eigenvalue weighted by molar-refractivity contribution is 5.89. The van der Waals surface area contributed by atoms with Crippen LogP contribution in [-0.2, 0) is 0 Å². The molecule has 1 aromatic carbocycles. The van der Waals surface area contributed by atoms with E-state index in [1.165, 1.54) is 12.8 Å². The van der Waals surface area contributed by atoms with Gasteiger partial charge < -0.3 is 15.5 Å². The SMILES string of the molecule is Cc1cccc(NC(=O)N(C)CC2CCCCN2)c1. The molecule has 1 atom stereocenters. The lowest BCUT2D eigenvalue weighted by atomic mass is 10.0. The van der Waals surface area contributed by atoms with Gasteiger partial charge in [-0.25, -0.2) is 4.79 Å². The van der Waals surface area contributed by atoms with Crippen molar-refractivity contribution in [2.45, 2.75) is 32.2 Å². The molecule has 2 amide bonds. The van der Waals surface area contributed by atoms with Crippen LogP contribution in [-0.4, -0.2) is 37.1 Å². The number of benzene rings is 1. The number of carbonyl (C=O) groups is 1. The molecule has 1 aromatic rings. The van der Waals surface area contributed by atoms with Crippen molar-refractivity contribution in [3.05, 3.63) is 29.8 Å². The molecule has 4 heteroatoms. The number of nitrogens with zero attached hydrogens (tertiary/aromatic N) is 1. The van der Waals surface area contributed by atoms with E-state index < -0.39 is 0 Å². The molecule has 1 aliphatic rings. The van der Waals surface area contributed by atoms with E-state index in [0.717, 1.165) is 30.8 Å². The van der Waals surface area contributed by atoms with E-state index in [1.807, 2.05) is 38.2 Å². The Kier molecular flexibility index (Phi) is 4.80. The van der Waals surface area contributed by atoms with Crippen LogP contribution in [0.3, 0.4) is 0 Å². The van der Waals surface area contributed by atoms with E-state index in [9.17, 15) is 4.79 Å². The van der Waals surface area contributed by atoms with Gasteiger partial charge >= 0.3 is 6.03 Å². The molecule has 0 radical (unpaired) electrons. The van der Waals surface area contributed by atoms with E-state index in [0.29, 0.717) is 6.04 Å². The molecular weight excluding hydrogens is 238 g/mol. The van der Waals surface area contributed by atoms with Gasteiger partial charge in [-0.15, -0.1) is 0 Å². The average Bonchev–Trinajstić information content (AvgIpc) is 2.40. The molecule has 1 saturated heterocycles. The van der Waals surface area contributed by atoms with Gasteiger partial charge in [-0.05, 0) is 44.0 Å². The number of likely N-dealkylation sites (N-methyl/N-ethyl adjacent to an activating group) is 1. The lowest BCUT2D eigenvalue weighted by Gasteiger charge is -2.28. The van der Waals surface area contributed by atoms with E-state index >= 15 is 0 Å². The molecule has 4 nitrogen and oxygen atoms in total. The Morgan fingerprint density at radius 2 is 2.32 bits per heavy atom. The van der Waals surface area contributed by atoms with Crippen molar-refractivity contribution in [2.24, 2.45) is 0 Å². The number of rotatable bonds is 3. The van der Waals surface area contributed by atoms with Gasteiger partial charge in [0.05, 0.1) is 0 Å². The summed E-state index contributed by atoms with van der Waals surface area (Å²) in [6.07, 6.45) is 3.66. The van der Waals surface area contributed by atoms with Gasteiger partial charge in [0, 0.05) is 25.3 Å². The van der Waals surface area contributed by atoms with E-state index in [4.69, 9.17) is 0 Å². The summed E-state index contributed by atoms with van der Waals surface area (Å²) < 4.78 is 0. The Labute approximate surface area is 115 Å². The third-order valence-corrected chi connectivity index (χ3v) is 3.52. The van der Waals surface area contributed by atoms with Gasteiger partial charge in [0.15, 0.2) is 0 Å². The monoisotopic (exact) mass is 261 g/mol. The van der Waals surface area contributed by atoms with Gasteiger partial charge in [-0.3, -0.25) is 0 Å². The molecule has 1 fully saturated rings. The highest BCUT2D eigenvalue weighted by Gasteiger charge is 2.17. The molecule has 1 heterocycles. The molecule has 0 aliphatic carbocycles. The van der Waals surface area contributed by atoms with Crippen molar-refractivity contribution in [1.82, 2.24) is 10.2 Å². The summed E-state index contributed by atoms with van der Waals surface area (Å²) in [4.78, 5) is 13.8. The summed E-state index contributed by atoms with van der Waals surface area (Å²) in [6, 6.07) is 8.25. The minimum atomic E-state index is -0.0435. The van der Waals surface area contributed by atoms with Crippen LogP contribution >= 0.6 is 0 Å². The lowest BCUT2D eigenvalue weighted by molar-refractivity contribution is 0.212. The first-order valence-electron chi connectivity index (χ1n) is 6.97. The summed E-state index contributed by atoms with van der Waals surface area (Å²) >= 11 is 0. The smallest absolute Gasteiger partial charge is 0.321 e. The fourth-order valence-corrected chi connectivity index (χ4v) is 2.44. The molecule has 2 N–H and O–H groups in total. The first kappa shape index (κ1) is 13.9. The van der Waals surface area contributed by atoms with Crippen LogP contribution in [0.2, 0.25) is 0 Å². The summed E-state index contributed by atoms with van der Waals surface area (Å²) in [5.74, 6) is 0. The van der Waals surface area contributed by atoms with Crippen molar-refractivity contribution < 1.29 is 4.79 Å². The van der Waals surface area contributed by atoms with Crippen molar-refractivity contribution in [3.63, 3.8) is 0 Å². The highest BCUT2D eigenvalue weighted by atomic mass is 16.2. The van der Waals surface area contributed by atoms with Crippen LogP contribution in [0.5, 0.6) is 0 Å². The Balaban J connectivity index is 1.84. The summed E-state index contributed by atoms with van der Waals surface area (Å²) in [5, 5.41) is 6.39. The third kappa shape index (κ3) is 4.24. The van der Waals surface area contributed by atoms with Crippen LogP contribution < -0.4 is 10.6 Å². The van der Waals surface area contributed by atoms with Crippen LogP contribution in [0.15, 0.2) is 24.3 Å². The van der Waals surface area contributed by atoms with Gasteiger partial charge in [0.1, 0.15) is 0 Å². The standard InChI is InChI=1S/C15H23N3O/c1-12-6-5-8-13(10-12)17-15(19)18(2)11-14-7-3-4-9-16-14/h5-6,8,10,14,16H,3-4,7,9,11H2,1-2H3,(H,17,19). The van der Waals surface area contributed by atoms with Crippen LogP contribution in [0.1, 0.15) is 24.8 Å². The van der Waals surface area contributed by atoms with Gasteiger partial charge in [-0.1, -0.05) is 18.6 Å². The summed E-state index contributed by atoms with van der Waals surface area (Å²) in [5.41, 5.74) is 2.00. The lowest BCUT2D eigenvalue weighted by Crippen LogP contribution is -2.45. The number of hydrogen-bond acceptors (Lipinski definition) is 2. The zero-order valence-electron chi connectivity index (χ0n) is 11.8. The molecule has 0 bridgehead atoms. The second-order valence-electron chi connectivity index (χ2n) is 5.33. The second kappa shape index (κ2) is 6.57. The molecule has 1 unspecified atom stereocenters. The number of hydrogen-bond donors (Lipinski definition) is 2. The first-order chi connectivity index (χ1) is 9.15. The highest BCUT2D eigenvalue weighted by Crippen LogP contribution is 2.11. The molecule has 0 saturated carbocycles.